The van der Waals surface area contributed by atoms with Crippen molar-refractivity contribution in [3.63, 3.8) is 0 Å². The molecule has 2 rings (SSSR count). The van der Waals surface area contributed by atoms with Crippen LogP contribution in [0.25, 0.3) is 0 Å². The summed E-state index contributed by atoms with van der Waals surface area (Å²) in [5.41, 5.74) is 1.04. The summed E-state index contributed by atoms with van der Waals surface area (Å²) in [6.45, 7) is 0.410. The van der Waals surface area contributed by atoms with Crippen LogP contribution in [0, 0.1) is 0 Å². The second kappa shape index (κ2) is 6.60. The van der Waals surface area contributed by atoms with Gasteiger partial charge in [0.05, 0.1) is 11.4 Å². The maximum atomic E-state index is 12.2. The predicted molar refractivity (Wildman–Crippen MR) is 77.7 cm³/mol. The van der Waals surface area contributed by atoms with Gasteiger partial charge in [-0.05, 0) is 25.0 Å². The van der Waals surface area contributed by atoms with Gasteiger partial charge in [-0.2, -0.15) is 8.73 Å². The van der Waals surface area contributed by atoms with Crippen LogP contribution in [0.2, 0.25) is 0 Å². The SMILES string of the molecule is O=S(=O)(NCCCCCCl)c1cccc2c1N=S=N2. The van der Waals surface area contributed by atoms with Crippen molar-refractivity contribution >= 4 is 44.4 Å². The molecule has 1 aliphatic heterocycles. The van der Waals surface area contributed by atoms with Crippen LogP contribution < -0.4 is 4.72 Å². The lowest BCUT2D eigenvalue weighted by molar-refractivity contribution is 0.576. The van der Waals surface area contributed by atoms with Crippen molar-refractivity contribution in [3.05, 3.63) is 18.2 Å². The molecule has 0 radical (unpaired) electrons. The lowest BCUT2D eigenvalue weighted by atomic mass is 10.2. The first-order valence-corrected chi connectivity index (χ1v) is 8.67. The first-order valence-electron chi connectivity index (χ1n) is 5.92. The Morgan fingerprint density at radius 1 is 1.21 bits per heavy atom. The van der Waals surface area contributed by atoms with Crippen LogP contribution in [0.15, 0.2) is 31.8 Å². The molecule has 0 unspecified atom stereocenters. The van der Waals surface area contributed by atoms with E-state index in [0.29, 0.717) is 23.8 Å². The highest BCUT2D eigenvalue weighted by Crippen LogP contribution is 2.37. The molecule has 1 N–H and O–H groups in total. The molecule has 0 aromatic heterocycles. The third-order valence-electron chi connectivity index (χ3n) is 2.64. The number of hydrogen-bond donors (Lipinski definition) is 1. The number of halogens is 1. The van der Waals surface area contributed by atoms with Gasteiger partial charge in [-0.15, -0.1) is 11.6 Å². The van der Waals surface area contributed by atoms with Crippen molar-refractivity contribution in [2.24, 2.45) is 8.73 Å². The largest absolute Gasteiger partial charge is 0.242 e. The van der Waals surface area contributed by atoms with E-state index in [9.17, 15) is 8.42 Å². The Morgan fingerprint density at radius 3 is 2.84 bits per heavy atom. The van der Waals surface area contributed by atoms with Gasteiger partial charge in [0.1, 0.15) is 16.3 Å². The zero-order valence-electron chi connectivity index (χ0n) is 10.2. The minimum Gasteiger partial charge on any atom is -0.211 e. The van der Waals surface area contributed by atoms with Gasteiger partial charge >= 0.3 is 0 Å². The topological polar surface area (TPSA) is 70.9 Å². The lowest BCUT2D eigenvalue weighted by Gasteiger charge is -2.08. The van der Waals surface area contributed by atoms with Crippen LogP contribution in [0.5, 0.6) is 0 Å². The zero-order valence-corrected chi connectivity index (χ0v) is 12.6. The number of unbranched alkanes of at least 4 members (excludes halogenated alkanes) is 2. The fourth-order valence-electron chi connectivity index (χ4n) is 1.68. The molecule has 0 saturated carbocycles. The van der Waals surface area contributed by atoms with Crippen molar-refractivity contribution in [2.45, 2.75) is 24.2 Å². The van der Waals surface area contributed by atoms with Gasteiger partial charge in [0.2, 0.25) is 10.0 Å². The molecule has 1 heterocycles. The summed E-state index contributed by atoms with van der Waals surface area (Å²) in [7, 11) is -3.52. The summed E-state index contributed by atoms with van der Waals surface area (Å²) in [6.07, 6.45) is 2.58. The number of hydrogen-bond acceptors (Lipinski definition) is 4. The highest BCUT2D eigenvalue weighted by Gasteiger charge is 2.21. The van der Waals surface area contributed by atoms with Crippen molar-refractivity contribution in [1.82, 2.24) is 4.72 Å². The van der Waals surface area contributed by atoms with E-state index in [0.717, 1.165) is 30.6 Å². The highest BCUT2D eigenvalue weighted by molar-refractivity contribution is 7.89. The van der Waals surface area contributed by atoms with Crippen LogP contribution in [0.4, 0.5) is 11.4 Å². The highest BCUT2D eigenvalue weighted by atomic mass is 35.5. The fraction of sp³-hybridized carbons (Fsp3) is 0.455. The maximum Gasteiger partial charge on any atom is 0.242 e. The first-order chi connectivity index (χ1) is 9.15. The first kappa shape index (κ1) is 14.6. The average molecular weight is 320 g/mol. The Morgan fingerprint density at radius 2 is 2.05 bits per heavy atom. The second-order valence-corrected chi connectivity index (χ2v) is 6.68. The molecule has 0 bridgehead atoms. The van der Waals surface area contributed by atoms with E-state index in [4.69, 9.17) is 11.6 Å². The lowest BCUT2D eigenvalue weighted by Crippen LogP contribution is -2.24. The molecule has 0 fully saturated rings. The Hall–Kier alpha value is -0.760. The van der Waals surface area contributed by atoms with E-state index in [1.165, 1.54) is 0 Å². The van der Waals surface area contributed by atoms with Crippen molar-refractivity contribution in [1.29, 1.82) is 0 Å². The van der Waals surface area contributed by atoms with Crippen molar-refractivity contribution < 1.29 is 8.42 Å². The predicted octanol–water partition coefficient (Wildman–Crippen LogP) is 3.10. The second-order valence-electron chi connectivity index (χ2n) is 4.04. The maximum absolute atomic E-state index is 12.2. The number of fused-ring (bicyclic) bond motifs is 1. The van der Waals surface area contributed by atoms with Gasteiger partial charge in [-0.3, -0.25) is 0 Å². The van der Waals surface area contributed by atoms with Gasteiger partial charge in [-0.1, -0.05) is 12.5 Å². The fourth-order valence-corrected chi connectivity index (χ4v) is 3.71. The molecule has 104 valence electrons. The number of nitrogens with zero attached hydrogens (tertiary/aromatic N) is 2. The molecule has 0 aliphatic carbocycles. The summed E-state index contributed by atoms with van der Waals surface area (Å²) in [6, 6.07) is 4.97. The van der Waals surface area contributed by atoms with Crippen molar-refractivity contribution in [3.8, 4) is 0 Å². The van der Waals surface area contributed by atoms with E-state index in [1.54, 1.807) is 18.2 Å². The zero-order chi connectivity index (χ0) is 13.7. The Kier molecular flexibility index (Phi) is 5.09. The third-order valence-corrected chi connectivity index (χ3v) is 4.94. The number of alkyl halides is 1. The van der Waals surface area contributed by atoms with Crippen LogP contribution in [0.1, 0.15) is 19.3 Å². The van der Waals surface area contributed by atoms with E-state index in [2.05, 4.69) is 13.4 Å². The van der Waals surface area contributed by atoms with Crippen LogP contribution in [-0.4, -0.2) is 20.8 Å². The summed E-state index contributed by atoms with van der Waals surface area (Å²) in [5, 5.41) is 0. The monoisotopic (exact) mass is 319 g/mol. The number of sulfonamides is 1. The van der Waals surface area contributed by atoms with Gasteiger partial charge in [0.25, 0.3) is 0 Å². The van der Waals surface area contributed by atoms with E-state index < -0.39 is 10.0 Å². The molecule has 19 heavy (non-hydrogen) atoms. The summed E-state index contributed by atoms with van der Waals surface area (Å²) < 4.78 is 35.0. The minimum absolute atomic E-state index is 0.191. The van der Waals surface area contributed by atoms with E-state index >= 15 is 0 Å². The smallest absolute Gasteiger partial charge is 0.211 e. The molecule has 0 spiro atoms. The Labute approximate surface area is 121 Å². The summed E-state index contributed by atoms with van der Waals surface area (Å²) in [5.74, 6) is 0.608. The Bertz CT molecular complexity index is 625. The van der Waals surface area contributed by atoms with Gasteiger partial charge in [-0.25, -0.2) is 13.1 Å². The molecule has 0 saturated heterocycles. The molecular formula is C11H14ClN3O2S2. The van der Waals surface area contributed by atoms with E-state index in [-0.39, 0.29) is 4.90 Å². The molecule has 1 aliphatic rings. The molecule has 0 atom stereocenters. The molecular weight excluding hydrogens is 306 g/mol. The number of benzene rings is 1. The summed E-state index contributed by atoms with van der Waals surface area (Å²) in [4.78, 5) is 0.191. The Balaban J connectivity index is 2.05. The standard InChI is InChI=1S/C11H14ClN3O2S2/c12-7-2-1-3-8-13-19(16,17)10-6-4-5-9-11(10)15-18-14-9/h4-6,13H,1-3,7-8H2. The quantitative estimate of drug-likeness (QED) is 0.629. The number of nitrogens with one attached hydrogen (secondary N) is 1. The molecule has 1 aromatic rings. The van der Waals surface area contributed by atoms with E-state index in [1.807, 2.05) is 0 Å². The van der Waals surface area contributed by atoms with Crippen LogP contribution in [0.3, 0.4) is 0 Å². The summed E-state index contributed by atoms with van der Waals surface area (Å²) >= 11 is 6.58. The van der Waals surface area contributed by atoms with Crippen LogP contribution >= 0.6 is 11.6 Å². The van der Waals surface area contributed by atoms with Gasteiger partial charge in [0, 0.05) is 12.4 Å². The normalized spacial score (nSPS) is 13.3. The minimum atomic E-state index is -3.52. The van der Waals surface area contributed by atoms with Gasteiger partial charge < -0.3 is 0 Å². The van der Waals surface area contributed by atoms with Gasteiger partial charge in [0.15, 0.2) is 0 Å². The third kappa shape index (κ3) is 3.62. The van der Waals surface area contributed by atoms with Crippen LogP contribution in [-0.2, 0) is 21.4 Å². The molecule has 0 amide bonds. The molecule has 5 nitrogen and oxygen atoms in total. The van der Waals surface area contributed by atoms with Crippen molar-refractivity contribution in [2.75, 3.05) is 12.4 Å². The number of rotatable bonds is 7. The molecule has 1 aromatic carbocycles. The average Bonchev–Trinajstić information content (AvgIpc) is 2.86. The molecule has 8 heteroatoms.